The molecule has 0 fully saturated rings. The van der Waals surface area contributed by atoms with Crippen LogP contribution in [0.3, 0.4) is 0 Å². The standard InChI is InChI=1S/C13H19NO3/c1-3-12(15)10(2)14-13(16)17-9-11-7-5-4-6-8-11/h4-8,10,12,15H,3,9H2,1-2H3,(H,14,16)/t10-,12-/m0/s1. The van der Waals surface area contributed by atoms with Gasteiger partial charge in [-0.1, -0.05) is 37.3 Å². The maximum Gasteiger partial charge on any atom is 0.407 e. The number of alkyl carbamates (subject to hydrolysis) is 1. The Hall–Kier alpha value is -1.55. The Kier molecular flexibility index (Phi) is 5.49. The summed E-state index contributed by atoms with van der Waals surface area (Å²) in [5.74, 6) is 0. The minimum atomic E-state index is -0.542. The van der Waals surface area contributed by atoms with Crippen LogP contribution in [0.25, 0.3) is 0 Å². The van der Waals surface area contributed by atoms with E-state index in [0.717, 1.165) is 5.56 Å². The molecule has 0 saturated heterocycles. The lowest BCUT2D eigenvalue weighted by Gasteiger charge is -2.18. The van der Waals surface area contributed by atoms with Gasteiger partial charge in [0.1, 0.15) is 6.61 Å². The van der Waals surface area contributed by atoms with E-state index in [-0.39, 0.29) is 12.6 Å². The van der Waals surface area contributed by atoms with Crippen molar-refractivity contribution in [3.63, 3.8) is 0 Å². The average Bonchev–Trinajstić information content (AvgIpc) is 2.36. The predicted octanol–water partition coefficient (Wildman–Crippen LogP) is 2.07. The van der Waals surface area contributed by atoms with Crippen LogP contribution in [0.1, 0.15) is 25.8 Å². The second kappa shape index (κ2) is 6.91. The third kappa shape index (κ3) is 4.87. The predicted molar refractivity (Wildman–Crippen MR) is 65.5 cm³/mol. The van der Waals surface area contributed by atoms with Gasteiger partial charge in [0, 0.05) is 0 Å². The summed E-state index contributed by atoms with van der Waals surface area (Å²) in [6.45, 7) is 3.84. The molecule has 0 aliphatic rings. The van der Waals surface area contributed by atoms with Crippen LogP contribution in [0, 0.1) is 0 Å². The number of rotatable bonds is 5. The van der Waals surface area contributed by atoms with E-state index in [2.05, 4.69) is 5.32 Å². The van der Waals surface area contributed by atoms with Crippen LogP contribution in [-0.2, 0) is 11.3 Å². The first-order valence-corrected chi connectivity index (χ1v) is 5.78. The molecule has 1 aromatic carbocycles. The number of amides is 1. The van der Waals surface area contributed by atoms with Crippen LogP contribution in [0.15, 0.2) is 30.3 Å². The Morgan fingerprint density at radius 2 is 2.06 bits per heavy atom. The Morgan fingerprint density at radius 1 is 1.41 bits per heavy atom. The first-order chi connectivity index (χ1) is 8.13. The number of ether oxygens (including phenoxy) is 1. The van der Waals surface area contributed by atoms with E-state index < -0.39 is 12.2 Å². The third-order valence-corrected chi connectivity index (χ3v) is 2.55. The molecule has 4 heteroatoms. The van der Waals surface area contributed by atoms with Crippen molar-refractivity contribution in [1.82, 2.24) is 5.32 Å². The van der Waals surface area contributed by atoms with Gasteiger partial charge in [-0.2, -0.15) is 0 Å². The van der Waals surface area contributed by atoms with Crippen LogP contribution in [0.2, 0.25) is 0 Å². The van der Waals surface area contributed by atoms with E-state index in [0.29, 0.717) is 6.42 Å². The highest BCUT2D eigenvalue weighted by atomic mass is 16.5. The molecule has 0 spiro atoms. The van der Waals surface area contributed by atoms with Crippen molar-refractivity contribution in [1.29, 1.82) is 0 Å². The van der Waals surface area contributed by atoms with Crippen molar-refractivity contribution in [2.75, 3.05) is 0 Å². The van der Waals surface area contributed by atoms with E-state index in [1.165, 1.54) is 0 Å². The summed E-state index contributed by atoms with van der Waals surface area (Å²) in [4.78, 5) is 11.4. The molecule has 0 saturated carbocycles. The monoisotopic (exact) mass is 237 g/mol. The zero-order valence-electron chi connectivity index (χ0n) is 10.2. The van der Waals surface area contributed by atoms with Crippen molar-refractivity contribution >= 4 is 6.09 Å². The quantitative estimate of drug-likeness (QED) is 0.824. The highest BCUT2D eigenvalue weighted by Gasteiger charge is 2.15. The Balaban J connectivity index is 2.31. The minimum Gasteiger partial charge on any atom is -0.445 e. The molecule has 1 aromatic rings. The molecule has 0 aliphatic heterocycles. The number of nitrogens with one attached hydrogen (secondary N) is 1. The lowest BCUT2D eigenvalue weighted by Crippen LogP contribution is -2.41. The molecule has 2 atom stereocenters. The molecule has 4 nitrogen and oxygen atoms in total. The number of carbonyl (C=O) groups excluding carboxylic acids is 1. The zero-order valence-corrected chi connectivity index (χ0v) is 10.2. The fraction of sp³-hybridized carbons (Fsp3) is 0.462. The number of hydrogen-bond acceptors (Lipinski definition) is 3. The van der Waals surface area contributed by atoms with Gasteiger partial charge in [-0.05, 0) is 18.9 Å². The summed E-state index contributed by atoms with van der Waals surface area (Å²) in [5, 5.41) is 12.1. The van der Waals surface area contributed by atoms with Crippen LogP contribution < -0.4 is 5.32 Å². The SMILES string of the molecule is CC[C@H](O)[C@H](C)NC(=O)OCc1ccccc1. The molecule has 1 amide bonds. The van der Waals surface area contributed by atoms with Gasteiger partial charge in [0.2, 0.25) is 0 Å². The van der Waals surface area contributed by atoms with Gasteiger partial charge in [0.25, 0.3) is 0 Å². The fourth-order valence-electron chi connectivity index (χ4n) is 1.40. The smallest absolute Gasteiger partial charge is 0.407 e. The fourth-order valence-corrected chi connectivity index (χ4v) is 1.40. The molecule has 2 N–H and O–H groups in total. The van der Waals surface area contributed by atoms with Gasteiger partial charge in [0.05, 0.1) is 12.1 Å². The van der Waals surface area contributed by atoms with Crippen molar-refractivity contribution in [2.24, 2.45) is 0 Å². The van der Waals surface area contributed by atoms with Crippen LogP contribution in [-0.4, -0.2) is 23.3 Å². The average molecular weight is 237 g/mol. The first kappa shape index (κ1) is 13.5. The number of benzene rings is 1. The molecular formula is C13H19NO3. The molecule has 0 aliphatic carbocycles. The highest BCUT2D eigenvalue weighted by Crippen LogP contribution is 2.02. The normalized spacial score (nSPS) is 13.8. The molecule has 0 heterocycles. The Bertz CT molecular complexity index is 340. The van der Waals surface area contributed by atoms with Crippen molar-refractivity contribution in [2.45, 2.75) is 39.0 Å². The largest absolute Gasteiger partial charge is 0.445 e. The zero-order chi connectivity index (χ0) is 12.7. The topological polar surface area (TPSA) is 58.6 Å². The molecule has 0 bridgehead atoms. The molecule has 0 unspecified atom stereocenters. The van der Waals surface area contributed by atoms with Crippen molar-refractivity contribution in [3.8, 4) is 0 Å². The van der Waals surface area contributed by atoms with Crippen LogP contribution in [0.4, 0.5) is 4.79 Å². The maximum atomic E-state index is 11.4. The van der Waals surface area contributed by atoms with Crippen molar-refractivity contribution in [3.05, 3.63) is 35.9 Å². The van der Waals surface area contributed by atoms with Crippen LogP contribution >= 0.6 is 0 Å². The minimum absolute atomic E-state index is 0.238. The van der Waals surface area contributed by atoms with Crippen LogP contribution in [0.5, 0.6) is 0 Å². The van der Waals surface area contributed by atoms with Gasteiger partial charge in [0.15, 0.2) is 0 Å². The van der Waals surface area contributed by atoms with Gasteiger partial charge in [-0.25, -0.2) is 4.79 Å². The summed E-state index contributed by atoms with van der Waals surface area (Å²) in [5.41, 5.74) is 0.936. The van der Waals surface area contributed by atoms with E-state index in [9.17, 15) is 9.90 Å². The van der Waals surface area contributed by atoms with E-state index in [1.807, 2.05) is 37.3 Å². The summed E-state index contributed by atoms with van der Waals surface area (Å²) < 4.78 is 5.03. The molecule has 0 radical (unpaired) electrons. The van der Waals surface area contributed by atoms with Gasteiger partial charge in [-0.15, -0.1) is 0 Å². The lowest BCUT2D eigenvalue weighted by atomic mass is 10.1. The van der Waals surface area contributed by atoms with Gasteiger partial charge in [-0.3, -0.25) is 0 Å². The third-order valence-electron chi connectivity index (χ3n) is 2.55. The molecule has 0 aromatic heterocycles. The second-order valence-corrected chi connectivity index (χ2v) is 3.97. The number of carbonyl (C=O) groups is 1. The summed E-state index contributed by atoms with van der Waals surface area (Å²) in [6.07, 6.45) is -0.451. The lowest BCUT2D eigenvalue weighted by molar-refractivity contribution is 0.104. The summed E-state index contributed by atoms with van der Waals surface area (Å²) >= 11 is 0. The van der Waals surface area contributed by atoms with Crippen molar-refractivity contribution < 1.29 is 14.6 Å². The Labute approximate surface area is 102 Å². The second-order valence-electron chi connectivity index (χ2n) is 3.97. The van der Waals surface area contributed by atoms with E-state index in [4.69, 9.17) is 4.74 Å². The van der Waals surface area contributed by atoms with E-state index >= 15 is 0 Å². The summed E-state index contributed by atoms with van der Waals surface area (Å²) in [7, 11) is 0. The molecule has 94 valence electrons. The van der Waals surface area contributed by atoms with Gasteiger partial charge < -0.3 is 15.2 Å². The summed E-state index contributed by atoms with van der Waals surface area (Å²) in [6, 6.07) is 9.15. The Morgan fingerprint density at radius 3 is 2.65 bits per heavy atom. The maximum absolute atomic E-state index is 11.4. The molecule has 1 rings (SSSR count). The molecular weight excluding hydrogens is 218 g/mol. The number of hydrogen-bond donors (Lipinski definition) is 2. The van der Waals surface area contributed by atoms with E-state index in [1.54, 1.807) is 6.92 Å². The highest BCUT2D eigenvalue weighted by molar-refractivity contribution is 5.67. The first-order valence-electron chi connectivity index (χ1n) is 5.78. The molecule has 17 heavy (non-hydrogen) atoms. The van der Waals surface area contributed by atoms with Gasteiger partial charge >= 0.3 is 6.09 Å². The number of aliphatic hydroxyl groups excluding tert-OH is 1. The number of aliphatic hydroxyl groups is 1.